The van der Waals surface area contributed by atoms with Gasteiger partial charge in [-0.3, -0.25) is 0 Å². The number of aryl methyl sites for hydroxylation is 1. The van der Waals surface area contributed by atoms with Crippen molar-refractivity contribution in [1.29, 1.82) is 0 Å². The van der Waals surface area contributed by atoms with Crippen LogP contribution in [0.2, 0.25) is 0 Å². The predicted molar refractivity (Wildman–Crippen MR) is 91.1 cm³/mol. The first kappa shape index (κ1) is 16.4. The molecule has 1 aromatic carbocycles. The number of nitrogens with one attached hydrogen (secondary N) is 1. The Kier molecular flexibility index (Phi) is 6.60. The monoisotopic (exact) mass is 369 g/mol. The van der Waals surface area contributed by atoms with Gasteiger partial charge >= 0.3 is 0 Å². The van der Waals surface area contributed by atoms with Gasteiger partial charge < -0.3 is 10.1 Å². The summed E-state index contributed by atoms with van der Waals surface area (Å²) in [5, 5.41) is 14.0. The second-order valence-corrected chi connectivity index (χ2v) is 6.62. The number of rotatable bonds is 8. The van der Waals surface area contributed by atoms with Crippen molar-refractivity contribution in [2.45, 2.75) is 26.2 Å². The minimum atomic E-state index is 0.828. The number of methoxy groups -OCH3 is 1. The maximum atomic E-state index is 5.27. The number of halogens is 1. The SMILES string of the molecule is CCCNCCCc1nnc(-c2cc(OC)ccc2Br)s1. The molecule has 21 heavy (non-hydrogen) atoms. The van der Waals surface area contributed by atoms with Crippen molar-refractivity contribution < 1.29 is 4.74 Å². The van der Waals surface area contributed by atoms with E-state index in [0.29, 0.717) is 0 Å². The zero-order valence-corrected chi connectivity index (χ0v) is 14.8. The smallest absolute Gasteiger partial charge is 0.149 e. The lowest BCUT2D eigenvalue weighted by atomic mass is 10.2. The Balaban J connectivity index is 1.99. The van der Waals surface area contributed by atoms with Crippen molar-refractivity contribution in [3.63, 3.8) is 0 Å². The van der Waals surface area contributed by atoms with Crippen LogP contribution in [0, 0.1) is 0 Å². The number of ether oxygens (including phenoxy) is 1. The molecule has 0 saturated carbocycles. The third kappa shape index (κ3) is 4.76. The van der Waals surface area contributed by atoms with Crippen molar-refractivity contribution in [3.8, 4) is 16.3 Å². The largest absolute Gasteiger partial charge is 0.497 e. The Hall–Kier alpha value is -0.980. The Morgan fingerprint density at radius 1 is 1.29 bits per heavy atom. The molecule has 0 saturated heterocycles. The van der Waals surface area contributed by atoms with Crippen LogP contribution < -0.4 is 10.1 Å². The maximum absolute atomic E-state index is 5.27. The molecule has 1 N–H and O–H groups in total. The van der Waals surface area contributed by atoms with E-state index in [1.165, 1.54) is 6.42 Å². The van der Waals surface area contributed by atoms with Gasteiger partial charge in [0.15, 0.2) is 0 Å². The van der Waals surface area contributed by atoms with Crippen molar-refractivity contribution in [2.75, 3.05) is 20.2 Å². The molecule has 114 valence electrons. The molecule has 2 rings (SSSR count). The highest BCUT2D eigenvalue weighted by molar-refractivity contribution is 9.10. The molecule has 0 amide bonds. The number of hydrogen-bond acceptors (Lipinski definition) is 5. The first-order valence-corrected chi connectivity index (χ1v) is 8.72. The van der Waals surface area contributed by atoms with Crippen molar-refractivity contribution >= 4 is 27.3 Å². The first-order valence-electron chi connectivity index (χ1n) is 7.11. The van der Waals surface area contributed by atoms with E-state index in [1.54, 1.807) is 18.4 Å². The highest BCUT2D eigenvalue weighted by Gasteiger charge is 2.11. The number of aromatic nitrogens is 2. The first-order chi connectivity index (χ1) is 10.2. The van der Waals surface area contributed by atoms with E-state index in [-0.39, 0.29) is 0 Å². The third-order valence-electron chi connectivity index (χ3n) is 3.04. The number of hydrogen-bond donors (Lipinski definition) is 1. The molecule has 0 aliphatic carbocycles. The summed E-state index contributed by atoms with van der Waals surface area (Å²) < 4.78 is 6.28. The number of benzene rings is 1. The van der Waals surface area contributed by atoms with Crippen LogP contribution in [-0.2, 0) is 6.42 Å². The van der Waals surface area contributed by atoms with Crippen LogP contribution in [0.4, 0.5) is 0 Å². The van der Waals surface area contributed by atoms with Gasteiger partial charge in [-0.1, -0.05) is 34.2 Å². The topological polar surface area (TPSA) is 47.0 Å². The molecule has 0 aliphatic rings. The standard InChI is InChI=1S/C15H20BrN3OS/c1-3-8-17-9-4-5-14-18-19-15(21-14)12-10-11(20-2)6-7-13(12)16/h6-7,10,17H,3-5,8-9H2,1-2H3. The summed E-state index contributed by atoms with van der Waals surface area (Å²) in [6.07, 6.45) is 3.23. The Morgan fingerprint density at radius 3 is 2.90 bits per heavy atom. The van der Waals surface area contributed by atoms with Crippen molar-refractivity contribution in [3.05, 3.63) is 27.7 Å². The van der Waals surface area contributed by atoms with Gasteiger partial charge in [-0.05, 0) is 44.1 Å². The summed E-state index contributed by atoms with van der Waals surface area (Å²) in [6.45, 7) is 4.29. The Labute approximate surface area is 138 Å². The summed E-state index contributed by atoms with van der Waals surface area (Å²) in [5.41, 5.74) is 1.03. The molecule has 0 bridgehead atoms. The van der Waals surface area contributed by atoms with Crippen LogP contribution in [0.25, 0.3) is 10.6 Å². The fourth-order valence-corrected chi connectivity index (χ4v) is 3.40. The average Bonchev–Trinajstić information content (AvgIpc) is 2.96. The summed E-state index contributed by atoms with van der Waals surface area (Å²) >= 11 is 5.21. The second-order valence-electron chi connectivity index (χ2n) is 4.70. The minimum absolute atomic E-state index is 0.828. The lowest BCUT2D eigenvalue weighted by molar-refractivity contribution is 0.415. The summed E-state index contributed by atoms with van der Waals surface area (Å²) in [5.74, 6) is 0.828. The van der Waals surface area contributed by atoms with Crippen LogP contribution >= 0.6 is 27.3 Å². The lowest BCUT2D eigenvalue weighted by Crippen LogP contribution is -2.16. The fourth-order valence-electron chi connectivity index (χ4n) is 1.93. The van der Waals surface area contributed by atoms with E-state index >= 15 is 0 Å². The van der Waals surface area contributed by atoms with E-state index in [9.17, 15) is 0 Å². The molecule has 0 atom stereocenters. The molecular weight excluding hydrogens is 350 g/mol. The van der Waals surface area contributed by atoms with Gasteiger partial charge in [0.05, 0.1) is 7.11 Å². The van der Waals surface area contributed by atoms with Crippen LogP contribution in [0.1, 0.15) is 24.8 Å². The lowest BCUT2D eigenvalue weighted by Gasteiger charge is -2.03. The van der Waals surface area contributed by atoms with Gasteiger partial charge in [-0.25, -0.2) is 0 Å². The molecule has 0 spiro atoms. The van der Waals surface area contributed by atoms with E-state index in [0.717, 1.165) is 51.7 Å². The van der Waals surface area contributed by atoms with E-state index in [4.69, 9.17) is 4.74 Å². The van der Waals surface area contributed by atoms with E-state index in [2.05, 4.69) is 38.4 Å². The zero-order chi connectivity index (χ0) is 15.1. The van der Waals surface area contributed by atoms with Gasteiger partial charge in [-0.2, -0.15) is 0 Å². The quantitative estimate of drug-likeness (QED) is 0.716. The van der Waals surface area contributed by atoms with Gasteiger partial charge in [0.2, 0.25) is 0 Å². The van der Waals surface area contributed by atoms with Crippen LogP contribution in [-0.4, -0.2) is 30.4 Å². The van der Waals surface area contributed by atoms with Crippen LogP contribution in [0.3, 0.4) is 0 Å². The normalized spacial score (nSPS) is 10.8. The predicted octanol–water partition coefficient (Wildman–Crippen LogP) is 3.91. The molecule has 2 aromatic rings. The summed E-state index contributed by atoms with van der Waals surface area (Å²) in [7, 11) is 1.67. The van der Waals surface area contributed by atoms with Crippen molar-refractivity contribution in [2.24, 2.45) is 0 Å². The van der Waals surface area contributed by atoms with E-state index in [1.807, 2.05) is 18.2 Å². The van der Waals surface area contributed by atoms with Gasteiger partial charge in [-0.15, -0.1) is 10.2 Å². The van der Waals surface area contributed by atoms with Crippen LogP contribution in [0.15, 0.2) is 22.7 Å². The zero-order valence-electron chi connectivity index (χ0n) is 12.4. The second kappa shape index (κ2) is 8.46. The molecular formula is C15H20BrN3OS. The van der Waals surface area contributed by atoms with Crippen molar-refractivity contribution in [1.82, 2.24) is 15.5 Å². The van der Waals surface area contributed by atoms with Gasteiger partial charge in [0, 0.05) is 16.5 Å². The maximum Gasteiger partial charge on any atom is 0.149 e. The minimum Gasteiger partial charge on any atom is -0.497 e. The van der Waals surface area contributed by atoms with Gasteiger partial charge in [0.25, 0.3) is 0 Å². The van der Waals surface area contributed by atoms with Gasteiger partial charge in [0.1, 0.15) is 15.8 Å². The highest BCUT2D eigenvalue weighted by Crippen LogP contribution is 2.33. The molecule has 1 aromatic heterocycles. The molecule has 6 heteroatoms. The average molecular weight is 370 g/mol. The number of nitrogens with zero attached hydrogens (tertiary/aromatic N) is 2. The summed E-state index contributed by atoms with van der Waals surface area (Å²) in [4.78, 5) is 0. The molecule has 0 fully saturated rings. The van der Waals surface area contributed by atoms with E-state index < -0.39 is 0 Å². The molecule has 0 unspecified atom stereocenters. The van der Waals surface area contributed by atoms with Crippen LogP contribution in [0.5, 0.6) is 5.75 Å². The Bertz CT molecular complexity index is 574. The molecule has 0 aliphatic heterocycles. The molecule has 0 radical (unpaired) electrons. The third-order valence-corrected chi connectivity index (χ3v) is 4.75. The Morgan fingerprint density at radius 2 is 2.14 bits per heavy atom. The highest BCUT2D eigenvalue weighted by atomic mass is 79.9. The molecule has 4 nitrogen and oxygen atoms in total. The summed E-state index contributed by atoms with van der Waals surface area (Å²) in [6, 6.07) is 5.88. The molecule has 1 heterocycles. The fraction of sp³-hybridized carbons (Fsp3) is 0.467.